The molecule has 1 atom stereocenters. The van der Waals surface area contributed by atoms with Gasteiger partial charge in [-0.15, -0.1) is 0 Å². The highest BCUT2D eigenvalue weighted by Gasteiger charge is 2.19. The van der Waals surface area contributed by atoms with E-state index in [4.69, 9.17) is 97.9 Å². The molecule has 0 aliphatic heterocycles. The molecule has 526 valence electrons. The summed E-state index contributed by atoms with van der Waals surface area (Å²) in [5, 5.41) is 80.7. The van der Waals surface area contributed by atoms with E-state index in [-0.39, 0.29) is 0 Å². The highest BCUT2D eigenvalue weighted by Crippen LogP contribution is 2.38. The third kappa shape index (κ3) is 35.8. The zero-order valence-corrected chi connectivity index (χ0v) is 63.2. The van der Waals surface area contributed by atoms with Crippen LogP contribution in [0, 0.1) is 6.92 Å². The summed E-state index contributed by atoms with van der Waals surface area (Å²) in [6.07, 6.45) is 24.5. The second-order valence-electron chi connectivity index (χ2n) is 23.7. The van der Waals surface area contributed by atoms with Gasteiger partial charge in [0.1, 0.15) is 46.0 Å². The topological polar surface area (TPSA) is 162 Å². The van der Waals surface area contributed by atoms with Crippen molar-refractivity contribution in [1.29, 1.82) is 0 Å². The van der Waals surface area contributed by atoms with Gasteiger partial charge in [0, 0.05) is 40.2 Å². The van der Waals surface area contributed by atoms with Gasteiger partial charge in [0.25, 0.3) is 0 Å². The fourth-order valence-corrected chi connectivity index (χ4v) is 11.8. The Hall–Kier alpha value is -5.52. The number of hydrogen-bond donors (Lipinski definition) is 8. The van der Waals surface area contributed by atoms with Crippen molar-refractivity contribution in [3.63, 3.8) is 0 Å². The number of aromatic hydroxyl groups is 8. The van der Waals surface area contributed by atoms with Crippen molar-refractivity contribution < 1.29 is 40.9 Å². The Morgan fingerprint density at radius 3 is 1.04 bits per heavy atom. The van der Waals surface area contributed by atoms with Crippen molar-refractivity contribution in [3.8, 4) is 46.0 Å². The standard InChI is InChI=1S/C12H15ClO.C12H17ClO.2C11H15ClO.C10H13ClO.C9H11ClO.C8H9ClO.C7H7ClO/c13-10-6-7-12(14)11(8-10)9-4-2-1-3-5-9;1-2-3-4-5-6-10-9-11(13)7-8-12(10)14;1-3-4-8(2)10-7-9(12)5-6-11(10)13;1-2-3-4-5-9-8-10(12)6-7-11(9)13;1-2-3-4-8-7-9(11)5-6-10(8)12;1-2-3-7-6-8(10)4-5-9(7)11;1-2-6-5-7(9)3-4-8(6)10;1-5-4-6(8)2-3-7(5)9/h6-9,14H,1-5H2;7-9,14H,2-6H2,1H3;5-8,13H,3-4H2,1-2H3;6-8,13H,2-5H2,1H3;5-7,12H,2-4H2,1H3;4-6,11H,2-3H2,1H3;3-5,10H,2H2,1H3;2-4,9H,1H3. The zero-order valence-electron chi connectivity index (χ0n) is 57.2. The van der Waals surface area contributed by atoms with Crippen LogP contribution in [-0.4, -0.2) is 40.9 Å². The maximum atomic E-state index is 9.73. The molecule has 0 saturated heterocycles. The van der Waals surface area contributed by atoms with Gasteiger partial charge in [0.15, 0.2) is 0 Å². The summed E-state index contributed by atoms with van der Waals surface area (Å²) in [7, 11) is 0. The number of benzene rings is 8. The molecule has 96 heavy (non-hydrogen) atoms. The normalized spacial score (nSPS) is 11.7. The molecule has 1 fully saturated rings. The lowest BCUT2D eigenvalue weighted by atomic mass is 9.84. The van der Waals surface area contributed by atoms with Gasteiger partial charge in [0.2, 0.25) is 0 Å². The number of rotatable bonds is 19. The lowest BCUT2D eigenvalue weighted by Crippen LogP contribution is -2.04. The lowest BCUT2D eigenvalue weighted by molar-refractivity contribution is 0.414. The van der Waals surface area contributed by atoms with Crippen molar-refractivity contribution >= 4 is 92.8 Å². The van der Waals surface area contributed by atoms with Gasteiger partial charge in [-0.05, 0) is 279 Å². The van der Waals surface area contributed by atoms with Crippen LogP contribution in [0.25, 0.3) is 0 Å². The van der Waals surface area contributed by atoms with Crippen molar-refractivity contribution in [2.75, 3.05) is 0 Å². The van der Waals surface area contributed by atoms with Gasteiger partial charge in [-0.25, -0.2) is 0 Å². The third-order valence-electron chi connectivity index (χ3n) is 15.7. The molecule has 1 saturated carbocycles. The number of aryl methyl sites for hydroxylation is 6. The minimum Gasteiger partial charge on any atom is -0.508 e. The molecule has 0 aromatic heterocycles. The molecule has 1 aliphatic rings. The smallest absolute Gasteiger partial charge is 0.119 e. The Balaban J connectivity index is 0.000000375. The maximum Gasteiger partial charge on any atom is 0.119 e. The van der Waals surface area contributed by atoms with Gasteiger partial charge in [0.05, 0.1) is 0 Å². The second-order valence-corrected chi connectivity index (χ2v) is 27.2. The number of phenolic OH excluding ortho intramolecular Hbond substituents is 8. The molecule has 8 aromatic carbocycles. The Kier molecular flexibility index (Phi) is 45.0. The summed E-state index contributed by atoms with van der Waals surface area (Å²) in [5.41, 5.74) is 7.50. The van der Waals surface area contributed by atoms with Gasteiger partial charge >= 0.3 is 0 Å². The van der Waals surface area contributed by atoms with Crippen LogP contribution in [-0.2, 0) is 32.1 Å². The highest BCUT2D eigenvalue weighted by atomic mass is 35.5. The number of unbranched alkanes of at least 4 members (excludes halogenated alkanes) is 6. The first-order chi connectivity index (χ1) is 45.8. The number of hydrogen-bond acceptors (Lipinski definition) is 8. The van der Waals surface area contributed by atoms with Gasteiger partial charge in [-0.1, -0.05) is 212 Å². The minimum atomic E-state index is 0.291. The van der Waals surface area contributed by atoms with Crippen LogP contribution in [0.1, 0.15) is 214 Å². The molecule has 0 heterocycles. The SMILES string of the molecule is CCCC(C)c1cc(Cl)ccc1O.CCCCCCc1cc(Cl)ccc1O.CCCCCc1cc(Cl)ccc1O.CCCCc1cc(Cl)ccc1O.CCCc1cc(Cl)ccc1O.CCc1cc(Cl)ccc1O.Cc1cc(Cl)ccc1O.Oc1ccc(Cl)cc1C1CCCCC1. The number of halogens is 8. The van der Waals surface area contributed by atoms with Crippen LogP contribution in [0.2, 0.25) is 40.2 Å². The molecule has 16 heteroatoms. The molecule has 0 spiro atoms. The summed E-state index contributed by atoms with van der Waals surface area (Å²) in [6.45, 7) is 16.6. The van der Waals surface area contributed by atoms with E-state index in [1.807, 2.05) is 37.3 Å². The summed E-state index contributed by atoms with van der Waals surface area (Å²) in [5.74, 6) is 3.69. The number of phenols is 8. The second kappa shape index (κ2) is 49.9. The first kappa shape index (κ1) is 86.6. The van der Waals surface area contributed by atoms with Gasteiger partial charge in [-0.2, -0.15) is 0 Å². The van der Waals surface area contributed by atoms with Crippen LogP contribution in [0.4, 0.5) is 0 Å². The molecule has 8 nitrogen and oxygen atoms in total. The van der Waals surface area contributed by atoms with Crippen LogP contribution < -0.4 is 0 Å². The quantitative estimate of drug-likeness (QED) is 0.0371. The summed E-state index contributed by atoms with van der Waals surface area (Å²) in [6, 6.07) is 41.3. The predicted octanol–water partition coefficient (Wildman–Crippen LogP) is 27.3. The molecule has 0 radical (unpaired) electrons. The molecular formula is C80H102Cl8O8. The van der Waals surface area contributed by atoms with E-state index in [2.05, 4.69) is 41.5 Å². The van der Waals surface area contributed by atoms with E-state index in [9.17, 15) is 35.7 Å². The largest absolute Gasteiger partial charge is 0.508 e. The van der Waals surface area contributed by atoms with Crippen LogP contribution >= 0.6 is 92.8 Å². The maximum absolute atomic E-state index is 9.73. The van der Waals surface area contributed by atoms with Crippen LogP contribution in [0.15, 0.2) is 146 Å². The van der Waals surface area contributed by atoms with E-state index in [0.29, 0.717) is 93.0 Å². The van der Waals surface area contributed by atoms with Crippen molar-refractivity contribution in [1.82, 2.24) is 0 Å². The van der Waals surface area contributed by atoms with E-state index in [1.165, 1.54) is 64.2 Å². The zero-order chi connectivity index (χ0) is 71.5. The fraction of sp³-hybridized carbons (Fsp3) is 0.400. The van der Waals surface area contributed by atoms with Gasteiger partial charge in [-0.3, -0.25) is 0 Å². The minimum absolute atomic E-state index is 0.291. The van der Waals surface area contributed by atoms with Crippen molar-refractivity contribution in [2.45, 2.75) is 208 Å². The van der Waals surface area contributed by atoms with Crippen molar-refractivity contribution in [2.24, 2.45) is 0 Å². The molecule has 1 aliphatic carbocycles. The first-order valence-corrected chi connectivity index (χ1v) is 36.6. The molecule has 0 bridgehead atoms. The average Bonchev–Trinajstić information content (AvgIpc) is 0.971. The molecule has 1 unspecified atom stereocenters. The predicted molar refractivity (Wildman–Crippen MR) is 412 cm³/mol. The summed E-state index contributed by atoms with van der Waals surface area (Å²) >= 11 is 46.3. The Morgan fingerprint density at radius 2 is 0.656 bits per heavy atom. The van der Waals surface area contributed by atoms with E-state index < -0.39 is 0 Å². The molecule has 8 N–H and O–H groups in total. The molecule has 9 rings (SSSR count). The van der Waals surface area contributed by atoms with E-state index in [1.54, 1.807) is 122 Å². The monoisotopic (exact) mass is 1470 g/mol. The first-order valence-electron chi connectivity index (χ1n) is 33.6. The highest BCUT2D eigenvalue weighted by molar-refractivity contribution is 6.32. The van der Waals surface area contributed by atoms with Crippen LogP contribution in [0.5, 0.6) is 46.0 Å². The Bertz CT molecular complexity index is 3460. The molecular weight excluding hydrogens is 1370 g/mol. The van der Waals surface area contributed by atoms with E-state index >= 15 is 0 Å². The third-order valence-corrected chi connectivity index (χ3v) is 17.6. The van der Waals surface area contributed by atoms with Crippen molar-refractivity contribution in [3.05, 3.63) is 230 Å². The van der Waals surface area contributed by atoms with E-state index in [0.717, 1.165) is 127 Å². The molecule has 8 aromatic rings. The molecule has 0 amide bonds. The Labute approximate surface area is 613 Å². The van der Waals surface area contributed by atoms with Gasteiger partial charge < -0.3 is 40.9 Å². The lowest BCUT2D eigenvalue weighted by Gasteiger charge is -2.22. The van der Waals surface area contributed by atoms with Crippen LogP contribution in [0.3, 0.4) is 0 Å². The summed E-state index contributed by atoms with van der Waals surface area (Å²) in [4.78, 5) is 0. The summed E-state index contributed by atoms with van der Waals surface area (Å²) < 4.78 is 0. The fourth-order valence-electron chi connectivity index (χ4n) is 10.2. The Morgan fingerprint density at radius 1 is 0.323 bits per heavy atom. The average molecular weight is 1480 g/mol.